The third kappa shape index (κ3) is 2.51. The van der Waals surface area contributed by atoms with E-state index in [0.717, 1.165) is 31.4 Å². The van der Waals surface area contributed by atoms with E-state index in [1.807, 2.05) is 13.0 Å². The second-order valence-electron chi connectivity index (χ2n) is 5.21. The van der Waals surface area contributed by atoms with Gasteiger partial charge in [-0.2, -0.15) is 0 Å². The number of aryl methyl sites for hydroxylation is 2. The second kappa shape index (κ2) is 4.52. The van der Waals surface area contributed by atoms with Gasteiger partial charge >= 0.3 is 0 Å². The van der Waals surface area contributed by atoms with E-state index < -0.39 is 0 Å². The van der Waals surface area contributed by atoms with Gasteiger partial charge < -0.3 is 5.32 Å². The first-order chi connectivity index (χ1) is 8.09. The molecule has 1 aliphatic rings. The molecule has 0 bridgehead atoms. The first kappa shape index (κ1) is 12.2. The molecule has 0 radical (unpaired) electrons. The molecule has 17 heavy (non-hydrogen) atoms. The van der Waals surface area contributed by atoms with Crippen LogP contribution in [0.2, 0.25) is 0 Å². The summed E-state index contributed by atoms with van der Waals surface area (Å²) in [6.07, 6.45) is 4.11. The number of carbonyl (C=O) groups is 1. The maximum absolute atomic E-state index is 11.9. The summed E-state index contributed by atoms with van der Waals surface area (Å²) in [6.45, 7) is 6.35. The molecule has 2 rings (SSSR count). The lowest BCUT2D eigenvalue weighted by molar-refractivity contribution is -0.120. The molecular weight excluding hydrogens is 210 g/mol. The van der Waals surface area contributed by atoms with E-state index in [-0.39, 0.29) is 11.3 Å². The molecule has 0 aromatic heterocycles. The number of anilines is 1. The molecule has 1 aromatic carbocycles. The molecule has 1 aromatic rings. The van der Waals surface area contributed by atoms with Crippen molar-refractivity contribution in [2.75, 3.05) is 5.32 Å². The summed E-state index contributed by atoms with van der Waals surface area (Å²) in [5.41, 5.74) is 3.56. The molecule has 2 nitrogen and oxygen atoms in total. The van der Waals surface area contributed by atoms with Gasteiger partial charge in [-0.1, -0.05) is 26.8 Å². The highest BCUT2D eigenvalue weighted by Crippen LogP contribution is 2.45. The van der Waals surface area contributed by atoms with Gasteiger partial charge in [-0.25, -0.2) is 0 Å². The second-order valence-corrected chi connectivity index (χ2v) is 5.21. The Labute approximate surface area is 103 Å². The van der Waals surface area contributed by atoms with Gasteiger partial charge in [0.05, 0.1) is 0 Å². The average Bonchev–Trinajstić information content (AvgIpc) is 3.08. The van der Waals surface area contributed by atoms with Gasteiger partial charge in [-0.3, -0.25) is 4.79 Å². The zero-order valence-corrected chi connectivity index (χ0v) is 11.0. The topological polar surface area (TPSA) is 29.1 Å². The van der Waals surface area contributed by atoms with E-state index in [4.69, 9.17) is 0 Å². The van der Waals surface area contributed by atoms with E-state index in [1.54, 1.807) is 0 Å². The fourth-order valence-electron chi connectivity index (χ4n) is 2.07. The minimum absolute atomic E-state index is 0.101. The molecule has 1 saturated carbocycles. The highest BCUT2D eigenvalue weighted by atomic mass is 16.2. The van der Waals surface area contributed by atoms with Gasteiger partial charge in [0.1, 0.15) is 0 Å². The Morgan fingerprint density at radius 2 is 1.88 bits per heavy atom. The molecule has 0 atom stereocenters. The third-order valence-electron chi connectivity index (χ3n) is 3.77. The van der Waals surface area contributed by atoms with E-state index in [9.17, 15) is 4.79 Å². The zero-order valence-electron chi connectivity index (χ0n) is 11.0. The van der Waals surface area contributed by atoms with Crippen LogP contribution in [-0.4, -0.2) is 5.91 Å². The molecule has 92 valence electrons. The molecule has 1 fully saturated rings. The normalized spacial score (nSPS) is 16.6. The first-order valence-electron chi connectivity index (χ1n) is 6.52. The lowest BCUT2D eigenvalue weighted by atomic mass is 10.0. The van der Waals surface area contributed by atoms with Crippen LogP contribution in [0.5, 0.6) is 0 Å². The SMILES string of the molecule is CCc1ccc(NC(=O)C2(C)CC2)cc1CC. The first-order valence-corrected chi connectivity index (χ1v) is 6.52. The van der Waals surface area contributed by atoms with Crippen molar-refractivity contribution in [3.63, 3.8) is 0 Å². The largest absolute Gasteiger partial charge is 0.326 e. The van der Waals surface area contributed by atoms with Crippen LogP contribution >= 0.6 is 0 Å². The van der Waals surface area contributed by atoms with Gasteiger partial charge in [0.25, 0.3) is 0 Å². The summed E-state index contributed by atoms with van der Waals surface area (Å²) in [7, 11) is 0. The van der Waals surface area contributed by atoms with Crippen molar-refractivity contribution in [1.29, 1.82) is 0 Å². The number of nitrogens with one attached hydrogen (secondary N) is 1. The molecule has 0 aliphatic heterocycles. The summed E-state index contributed by atoms with van der Waals surface area (Å²) in [6, 6.07) is 6.26. The van der Waals surface area contributed by atoms with Gasteiger partial charge in [0, 0.05) is 11.1 Å². The summed E-state index contributed by atoms with van der Waals surface area (Å²) < 4.78 is 0. The monoisotopic (exact) mass is 231 g/mol. The molecule has 0 saturated heterocycles. The summed E-state index contributed by atoms with van der Waals surface area (Å²) in [5, 5.41) is 3.03. The third-order valence-corrected chi connectivity index (χ3v) is 3.77. The zero-order chi connectivity index (χ0) is 12.5. The molecule has 1 amide bonds. The van der Waals surface area contributed by atoms with E-state index in [2.05, 4.69) is 31.3 Å². The Kier molecular flexibility index (Phi) is 3.23. The standard InChI is InChI=1S/C15H21NO/c1-4-11-6-7-13(10-12(11)5-2)16-14(17)15(3)8-9-15/h6-7,10H,4-5,8-9H2,1-3H3,(H,16,17). The minimum Gasteiger partial charge on any atom is -0.326 e. The quantitative estimate of drug-likeness (QED) is 0.843. The number of benzene rings is 1. The van der Waals surface area contributed by atoms with E-state index in [0.29, 0.717) is 0 Å². The van der Waals surface area contributed by atoms with Crippen molar-refractivity contribution in [2.45, 2.75) is 46.5 Å². The number of hydrogen-bond acceptors (Lipinski definition) is 1. The van der Waals surface area contributed by atoms with Crippen LogP contribution in [0.4, 0.5) is 5.69 Å². The van der Waals surface area contributed by atoms with Crippen LogP contribution in [0, 0.1) is 5.41 Å². The molecule has 0 unspecified atom stereocenters. The Balaban J connectivity index is 2.14. The fourth-order valence-corrected chi connectivity index (χ4v) is 2.07. The molecule has 2 heteroatoms. The van der Waals surface area contributed by atoms with Crippen LogP contribution in [0.1, 0.15) is 44.7 Å². The Hall–Kier alpha value is -1.31. The highest BCUT2D eigenvalue weighted by molar-refractivity contribution is 5.96. The van der Waals surface area contributed by atoms with Crippen molar-refractivity contribution in [1.82, 2.24) is 0 Å². The van der Waals surface area contributed by atoms with Gasteiger partial charge in [-0.15, -0.1) is 0 Å². The maximum Gasteiger partial charge on any atom is 0.230 e. The van der Waals surface area contributed by atoms with Crippen molar-refractivity contribution >= 4 is 11.6 Å². The smallest absolute Gasteiger partial charge is 0.230 e. The van der Waals surface area contributed by atoms with Crippen LogP contribution in [0.15, 0.2) is 18.2 Å². The summed E-state index contributed by atoms with van der Waals surface area (Å²) in [5.74, 6) is 0.170. The lowest BCUT2D eigenvalue weighted by Crippen LogP contribution is -2.21. The molecule has 0 heterocycles. The minimum atomic E-state index is -0.101. The molecular formula is C15H21NO. The molecule has 1 N–H and O–H groups in total. The van der Waals surface area contributed by atoms with Crippen LogP contribution in [0.3, 0.4) is 0 Å². The molecule has 1 aliphatic carbocycles. The summed E-state index contributed by atoms with van der Waals surface area (Å²) in [4.78, 5) is 11.9. The van der Waals surface area contributed by atoms with Crippen molar-refractivity contribution < 1.29 is 4.79 Å². The maximum atomic E-state index is 11.9. The van der Waals surface area contributed by atoms with Crippen LogP contribution in [-0.2, 0) is 17.6 Å². The highest BCUT2D eigenvalue weighted by Gasteiger charge is 2.44. The Bertz CT molecular complexity index is 433. The van der Waals surface area contributed by atoms with Crippen LogP contribution < -0.4 is 5.32 Å². The van der Waals surface area contributed by atoms with Crippen molar-refractivity contribution in [3.05, 3.63) is 29.3 Å². The van der Waals surface area contributed by atoms with Crippen molar-refractivity contribution in [2.24, 2.45) is 5.41 Å². The lowest BCUT2D eigenvalue weighted by Gasteiger charge is -2.12. The number of amides is 1. The fraction of sp³-hybridized carbons (Fsp3) is 0.533. The predicted octanol–water partition coefficient (Wildman–Crippen LogP) is 3.55. The average molecular weight is 231 g/mol. The number of carbonyl (C=O) groups excluding carboxylic acids is 1. The van der Waals surface area contributed by atoms with E-state index in [1.165, 1.54) is 11.1 Å². The number of rotatable bonds is 4. The summed E-state index contributed by atoms with van der Waals surface area (Å²) >= 11 is 0. The predicted molar refractivity (Wildman–Crippen MR) is 71.2 cm³/mol. The van der Waals surface area contributed by atoms with Gasteiger partial charge in [0.2, 0.25) is 5.91 Å². The van der Waals surface area contributed by atoms with E-state index >= 15 is 0 Å². The Morgan fingerprint density at radius 3 is 2.41 bits per heavy atom. The van der Waals surface area contributed by atoms with Gasteiger partial charge in [0.15, 0.2) is 0 Å². The Morgan fingerprint density at radius 1 is 1.24 bits per heavy atom. The number of hydrogen-bond donors (Lipinski definition) is 1. The van der Waals surface area contributed by atoms with Gasteiger partial charge in [-0.05, 0) is 48.9 Å². The molecule has 0 spiro atoms. The van der Waals surface area contributed by atoms with Crippen molar-refractivity contribution in [3.8, 4) is 0 Å². The van der Waals surface area contributed by atoms with Crippen LogP contribution in [0.25, 0.3) is 0 Å².